The zero-order valence-corrected chi connectivity index (χ0v) is 11.4. The number of hydrogen-bond donors (Lipinski definition) is 1. The molecule has 1 amide bonds. The highest BCUT2D eigenvalue weighted by molar-refractivity contribution is 9.10. The highest BCUT2D eigenvalue weighted by Gasteiger charge is 2.37. The van der Waals surface area contributed by atoms with Crippen LogP contribution in [0.1, 0.15) is 17.4 Å². The Morgan fingerprint density at radius 2 is 2.17 bits per heavy atom. The summed E-state index contributed by atoms with van der Waals surface area (Å²) in [4.78, 5) is 28.4. The number of carbonyl (C=O) groups is 2. The van der Waals surface area contributed by atoms with Crippen LogP contribution in [0.3, 0.4) is 0 Å². The normalized spacial score (nSPS) is 17.1. The minimum Gasteiger partial charge on any atom is -0.481 e. The van der Waals surface area contributed by atoms with Crippen LogP contribution in [-0.2, 0) is 4.79 Å². The molecule has 1 saturated heterocycles. The Labute approximate surface area is 113 Å². The summed E-state index contributed by atoms with van der Waals surface area (Å²) in [5, 5.41) is 8.87. The number of halogens is 1. The van der Waals surface area contributed by atoms with Crippen molar-refractivity contribution in [1.29, 1.82) is 0 Å². The number of rotatable bonds is 3. The van der Waals surface area contributed by atoms with Gasteiger partial charge < -0.3 is 10.0 Å². The zero-order chi connectivity index (χ0) is 13.3. The number of nitrogens with zero attached hydrogens (tertiary/aromatic N) is 2. The molecule has 1 fully saturated rings. The molecule has 1 N–H and O–H groups in total. The number of carbonyl (C=O) groups excluding carboxylic acids is 1. The quantitative estimate of drug-likeness (QED) is 0.921. The topological polar surface area (TPSA) is 70.5 Å². The van der Waals surface area contributed by atoms with Crippen LogP contribution in [0.5, 0.6) is 0 Å². The number of hydrogen-bond acceptors (Lipinski definition) is 3. The largest absolute Gasteiger partial charge is 0.481 e. The van der Waals surface area contributed by atoms with Crippen molar-refractivity contribution in [2.24, 2.45) is 11.8 Å². The van der Waals surface area contributed by atoms with Gasteiger partial charge in [0.15, 0.2) is 0 Å². The summed E-state index contributed by atoms with van der Waals surface area (Å²) in [5.74, 6) is -1.32. The SMILES string of the molecule is CC(C(=O)O)C1CN(C(=O)c2ccc(Br)cn2)C1. The van der Waals surface area contributed by atoms with Crippen molar-refractivity contribution in [1.82, 2.24) is 9.88 Å². The fourth-order valence-corrected chi connectivity index (χ4v) is 2.10. The summed E-state index contributed by atoms with van der Waals surface area (Å²) < 4.78 is 0.819. The van der Waals surface area contributed by atoms with Gasteiger partial charge in [0.05, 0.1) is 5.92 Å². The third-order valence-electron chi connectivity index (χ3n) is 3.24. The van der Waals surface area contributed by atoms with E-state index in [1.54, 1.807) is 30.2 Å². The van der Waals surface area contributed by atoms with Crippen LogP contribution in [0.2, 0.25) is 0 Å². The van der Waals surface area contributed by atoms with Crippen molar-refractivity contribution < 1.29 is 14.7 Å². The molecule has 2 rings (SSSR count). The van der Waals surface area contributed by atoms with Crippen LogP contribution >= 0.6 is 15.9 Å². The fourth-order valence-electron chi connectivity index (χ4n) is 1.86. The van der Waals surface area contributed by atoms with E-state index in [-0.39, 0.29) is 11.8 Å². The maximum absolute atomic E-state index is 12.0. The van der Waals surface area contributed by atoms with E-state index in [1.807, 2.05) is 0 Å². The average Bonchev–Trinajstić information content (AvgIpc) is 2.27. The van der Waals surface area contributed by atoms with Gasteiger partial charge in [-0.05, 0) is 28.1 Å². The lowest BCUT2D eigenvalue weighted by atomic mass is 9.87. The van der Waals surface area contributed by atoms with Gasteiger partial charge in [0.25, 0.3) is 5.91 Å². The highest BCUT2D eigenvalue weighted by Crippen LogP contribution is 2.25. The van der Waals surface area contributed by atoms with E-state index in [9.17, 15) is 9.59 Å². The molecule has 0 bridgehead atoms. The van der Waals surface area contributed by atoms with Crippen LogP contribution in [0, 0.1) is 11.8 Å². The van der Waals surface area contributed by atoms with Gasteiger partial charge in [-0.2, -0.15) is 0 Å². The van der Waals surface area contributed by atoms with E-state index in [1.165, 1.54) is 0 Å². The second-order valence-corrected chi connectivity index (χ2v) is 5.37. The fraction of sp³-hybridized carbons (Fsp3) is 0.417. The van der Waals surface area contributed by atoms with Crippen LogP contribution < -0.4 is 0 Å². The number of likely N-dealkylation sites (tertiary alicyclic amines) is 1. The maximum Gasteiger partial charge on any atom is 0.306 e. The molecular formula is C12H13BrN2O3. The van der Waals surface area contributed by atoms with Gasteiger partial charge in [0.2, 0.25) is 0 Å². The number of aromatic nitrogens is 1. The predicted octanol–water partition coefficient (Wildman–Crippen LogP) is 1.64. The van der Waals surface area contributed by atoms with Crippen LogP contribution in [0.4, 0.5) is 0 Å². The molecule has 18 heavy (non-hydrogen) atoms. The minimum atomic E-state index is -0.811. The Balaban J connectivity index is 1.94. The molecule has 1 aliphatic rings. The number of aliphatic carboxylic acids is 1. The average molecular weight is 313 g/mol. The van der Waals surface area contributed by atoms with Crippen molar-refractivity contribution in [3.63, 3.8) is 0 Å². The molecule has 0 radical (unpaired) electrons. The Morgan fingerprint density at radius 1 is 1.50 bits per heavy atom. The molecule has 1 aromatic heterocycles. The molecular weight excluding hydrogens is 300 g/mol. The van der Waals surface area contributed by atoms with Crippen molar-refractivity contribution in [3.05, 3.63) is 28.5 Å². The van der Waals surface area contributed by atoms with E-state index >= 15 is 0 Å². The summed E-state index contributed by atoms with van der Waals surface area (Å²) >= 11 is 3.25. The molecule has 0 aliphatic carbocycles. The Kier molecular flexibility index (Phi) is 3.65. The molecule has 1 unspecified atom stereocenters. The maximum atomic E-state index is 12.0. The van der Waals surface area contributed by atoms with Gasteiger partial charge in [-0.1, -0.05) is 6.92 Å². The van der Waals surface area contributed by atoms with Crippen LogP contribution in [0.25, 0.3) is 0 Å². The number of amides is 1. The lowest BCUT2D eigenvalue weighted by Gasteiger charge is -2.40. The lowest BCUT2D eigenvalue weighted by Crippen LogP contribution is -2.53. The van der Waals surface area contributed by atoms with Gasteiger partial charge in [-0.25, -0.2) is 4.98 Å². The number of carboxylic acid groups (broad SMARTS) is 1. The van der Waals surface area contributed by atoms with Crippen molar-refractivity contribution >= 4 is 27.8 Å². The van der Waals surface area contributed by atoms with E-state index in [0.717, 1.165) is 4.47 Å². The molecule has 0 aromatic carbocycles. The first-order valence-corrected chi connectivity index (χ1v) is 6.42. The first-order chi connectivity index (χ1) is 8.49. The Hall–Kier alpha value is -1.43. The molecule has 0 spiro atoms. The second kappa shape index (κ2) is 5.06. The molecule has 1 atom stereocenters. The predicted molar refractivity (Wildman–Crippen MR) is 68.1 cm³/mol. The van der Waals surface area contributed by atoms with E-state index < -0.39 is 11.9 Å². The van der Waals surface area contributed by atoms with Crippen LogP contribution in [0.15, 0.2) is 22.8 Å². The van der Waals surface area contributed by atoms with Crippen molar-refractivity contribution in [3.8, 4) is 0 Å². The van der Waals surface area contributed by atoms with E-state index in [2.05, 4.69) is 20.9 Å². The molecule has 1 aromatic rings. The molecule has 6 heteroatoms. The summed E-state index contributed by atoms with van der Waals surface area (Å²) in [6, 6.07) is 3.41. The zero-order valence-electron chi connectivity index (χ0n) is 9.84. The van der Waals surface area contributed by atoms with Gasteiger partial charge in [0, 0.05) is 29.7 Å². The van der Waals surface area contributed by atoms with Gasteiger partial charge >= 0.3 is 5.97 Å². The Morgan fingerprint density at radius 3 is 2.67 bits per heavy atom. The third kappa shape index (κ3) is 2.53. The molecule has 5 nitrogen and oxygen atoms in total. The first-order valence-electron chi connectivity index (χ1n) is 5.62. The monoisotopic (exact) mass is 312 g/mol. The standard InChI is InChI=1S/C12H13BrN2O3/c1-7(12(17)18)8-5-15(6-8)11(16)10-3-2-9(13)4-14-10/h2-4,7-8H,5-6H2,1H3,(H,17,18). The van der Waals surface area contributed by atoms with E-state index in [4.69, 9.17) is 5.11 Å². The van der Waals surface area contributed by atoms with Gasteiger partial charge in [0.1, 0.15) is 5.69 Å². The molecule has 96 valence electrons. The van der Waals surface area contributed by atoms with Crippen molar-refractivity contribution in [2.45, 2.75) is 6.92 Å². The smallest absolute Gasteiger partial charge is 0.306 e. The number of pyridine rings is 1. The summed E-state index contributed by atoms with van der Waals surface area (Å²) in [7, 11) is 0. The summed E-state index contributed by atoms with van der Waals surface area (Å²) in [6.07, 6.45) is 1.57. The molecule has 0 saturated carbocycles. The highest BCUT2D eigenvalue weighted by atomic mass is 79.9. The second-order valence-electron chi connectivity index (χ2n) is 4.46. The van der Waals surface area contributed by atoms with Crippen LogP contribution in [-0.4, -0.2) is 40.0 Å². The molecule has 2 heterocycles. The van der Waals surface area contributed by atoms with Gasteiger partial charge in [-0.15, -0.1) is 0 Å². The Bertz CT molecular complexity index is 469. The third-order valence-corrected chi connectivity index (χ3v) is 3.71. The molecule has 1 aliphatic heterocycles. The first kappa shape index (κ1) is 13.0. The van der Waals surface area contributed by atoms with Crippen molar-refractivity contribution in [2.75, 3.05) is 13.1 Å². The summed E-state index contributed by atoms with van der Waals surface area (Å²) in [6.45, 7) is 2.65. The number of carboxylic acids is 1. The van der Waals surface area contributed by atoms with E-state index in [0.29, 0.717) is 18.8 Å². The lowest BCUT2D eigenvalue weighted by molar-refractivity contribution is -0.144. The summed E-state index contributed by atoms with van der Waals surface area (Å²) in [5.41, 5.74) is 0.389. The minimum absolute atomic E-state index is 0.0434. The van der Waals surface area contributed by atoms with Gasteiger partial charge in [-0.3, -0.25) is 9.59 Å².